The van der Waals surface area contributed by atoms with Crippen LogP contribution in [0.15, 0.2) is 0 Å². The molecule has 2 saturated carbocycles. The van der Waals surface area contributed by atoms with Crippen LogP contribution in [0.3, 0.4) is 0 Å². The Morgan fingerprint density at radius 3 is 2.67 bits per heavy atom. The molecular formula is C14H27NO3. The third-order valence-corrected chi connectivity index (χ3v) is 4.00. The minimum absolute atomic E-state index is 0.208. The lowest BCUT2D eigenvalue weighted by Crippen LogP contribution is -2.36. The average Bonchev–Trinajstić information content (AvgIpc) is 3.22. The molecule has 4 heteroatoms. The first kappa shape index (κ1) is 14.3. The van der Waals surface area contributed by atoms with Crippen molar-refractivity contribution in [3.63, 3.8) is 0 Å². The number of aliphatic hydroxyl groups excluding tert-OH is 1. The van der Waals surface area contributed by atoms with Gasteiger partial charge in [0, 0.05) is 25.8 Å². The van der Waals surface area contributed by atoms with Crippen molar-refractivity contribution in [2.75, 3.05) is 20.3 Å². The largest absolute Gasteiger partial charge is 0.395 e. The number of rotatable bonds is 8. The Kier molecular flexibility index (Phi) is 5.89. The summed E-state index contributed by atoms with van der Waals surface area (Å²) >= 11 is 0. The predicted octanol–water partition coefficient (Wildman–Crippen LogP) is 1.46. The summed E-state index contributed by atoms with van der Waals surface area (Å²) in [7, 11) is 1.79. The van der Waals surface area contributed by atoms with E-state index < -0.39 is 0 Å². The minimum atomic E-state index is 0.208. The van der Waals surface area contributed by atoms with Crippen LogP contribution in [0.2, 0.25) is 0 Å². The lowest BCUT2D eigenvalue weighted by atomic mass is 9.95. The van der Waals surface area contributed by atoms with Crippen molar-refractivity contribution in [3.05, 3.63) is 0 Å². The molecule has 2 fully saturated rings. The van der Waals surface area contributed by atoms with Crippen molar-refractivity contribution >= 4 is 0 Å². The van der Waals surface area contributed by atoms with Crippen LogP contribution in [0.5, 0.6) is 0 Å². The van der Waals surface area contributed by atoms with E-state index in [0.29, 0.717) is 18.2 Å². The molecule has 0 heterocycles. The zero-order chi connectivity index (χ0) is 12.8. The number of aliphatic hydroxyl groups is 1. The van der Waals surface area contributed by atoms with E-state index in [0.717, 1.165) is 25.9 Å². The van der Waals surface area contributed by atoms with E-state index in [1.165, 1.54) is 25.7 Å². The van der Waals surface area contributed by atoms with Crippen molar-refractivity contribution in [3.8, 4) is 0 Å². The van der Waals surface area contributed by atoms with Gasteiger partial charge in [0.15, 0.2) is 0 Å². The second-order valence-corrected chi connectivity index (χ2v) is 5.63. The summed E-state index contributed by atoms with van der Waals surface area (Å²) in [4.78, 5) is 0. The molecule has 2 rings (SSSR count). The Hall–Kier alpha value is -0.160. The van der Waals surface area contributed by atoms with Gasteiger partial charge in [0.1, 0.15) is 0 Å². The normalized spacial score (nSPS) is 30.3. The second kappa shape index (κ2) is 7.43. The Bertz CT molecular complexity index is 233. The van der Waals surface area contributed by atoms with Crippen LogP contribution in [0.25, 0.3) is 0 Å². The molecule has 2 aliphatic rings. The van der Waals surface area contributed by atoms with Gasteiger partial charge in [0.25, 0.3) is 0 Å². The van der Waals surface area contributed by atoms with Crippen molar-refractivity contribution in [1.82, 2.24) is 5.32 Å². The third-order valence-electron chi connectivity index (χ3n) is 4.00. The van der Waals surface area contributed by atoms with E-state index in [9.17, 15) is 5.11 Å². The summed E-state index contributed by atoms with van der Waals surface area (Å²) in [6.45, 7) is 0.956. The number of nitrogens with one attached hydrogen (secondary N) is 1. The Morgan fingerprint density at radius 1 is 1.22 bits per heavy atom. The van der Waals surface area contributed by atoms with Gasteiger partial charge in [-0.2, -0.15) is 0 Å². The van der Waals surface area contributed by atoms with Gasteiger partial charge in [-0.3, -0.25) is 0 Å². The molecule has 0 aromatic rings. The molecule has 3 atom stereocenters. The van der Waals surface area contributed by atoms with Crippen molar-refractivity contribution < 1.29 is 14.6 Å². The number of hydrogen-bond acceptors (Lipinski definition) is 4. The quantitative estimate of drug-likeness (QED) is 0.691. The zero-order valence-electron chi connectivity index (χ0n) is 11.4. The molecular weight excluding hydrogens is 230 g/mol. The van der Waals surface area contributed by atoms with Crippen LogP contribution in [0.4, 0.5) is 0 Å². The summed E-state index contributed by atoms with van der Waals surface area (Å²) in [5, 5.41) is 12.7. The highest BCUT2D eigenvalue weighted by atomic mass is 16.5. The fourth-order valence-corrected chi connectivity index (χ4v) is 2.66. The molecule has 4 nitrogen and oxygen atoms in total. The van der Waals surface area contributed by atoms with Gasteiger partial charge in [0.05, 0.1) is 18.8 Å². The topological polar surface area (TPSA) is 50.7 Å². The summed E-state index contributed by atoms with van der Waals surface area (Å²) < 4.78 is 11.3. The zero-order valence-corrected chi connectivity index (χ0v) is 11.4. The number of methoxy groups -OCH3 is 1. The average molecular weight is 257 g/mol. The van der Waals surface area contributed by atoms with E-state index in [4.69, 9.17) is 9.47 Å². The van der Waals surface area contributed by atoms with Gasteiger partial charge >= 0.3 is 0 Å². The molecule has 0 aliphatic heterocycles. The van der Waals surface area contributed by atoms with E-state index in [2.05, 4.69) is 5.32 Å². The van der Waals surface area contributed by atoms with Crippen LogP contribution >= 0.6 is 0 Å². The molecule has 2 aliphatic carbocycles. The maximum absolute atomic E-state index is 9.28. The summed E-state index contributed by atoms with van der Waals surface area (Å²) in [6.07, 6.45) is 8.69. The lowest BCUT2D eigenvalue weighted by Gasteiger charge is -2.28. The van der Waals surface area contributed by atoms with Crippen molar-refractivity contribution in [2.24, 2.45) is 0 Å². The molecule has 0 radical (unpaired) electrons. The minimum Gasteiger partial charge on any atom is -0.395 e. The second-order valence-electron chi connectivity index (χ2n) is 5.63. The highest BCUT2D eigenvalue weighted by Crippen LogP contribution is 2.23. The maximum atomic E-state index is 9.28. The molecule has 0 aromatic carbocycles. The smallest absolute Gasteiger partial charge is 0.0599 e. The SMILES string of the molecule is COC1CCCC(OCCC(CO)NC2CC2)C1. The van der Waals surface area contributed by atoms with Crippen LogP contribution in [-0.2, 0) is 9.47 Å². The van der Waals surface area contributed by atoms with Crippen LogP contribution in [0.1, 0.15) is 44.9 Å². The summed E-state index contributed by atoms with van der Waals surface area (Å²) in [5.74, 6) is 0. The van der Waals surface area contributed by atoms with Gasteiger partial charge < -0.3 is 19.9 Å². The maximum Gasteiger partial charge on any atom is 0.0599 e. The Labute approximate surface area is 110 Å². The summed E-state index contributed by atoms with van der Waals surface area (Å²) in [6, 6.07) is 0.856. The first-order valence-electron chi connectivity index (χ1n) is 7.33. The lowest BCUT2D eigenvalue weighted by molar-refractivity contribution is -0.0325. The van der Waals surface area contributed by atoms with Gasteiger partial charge in [-0.15, -0.1) is 0 Å². The fraction of sp³-hybridized carbons (Fsp3) is 1.00. The number of hydrogen-bond donors (Lipinski definition) is 2. The molecule has 18 heavy (non-hydrogen) atoms. The highest BCUT2D eigenvalue weighted by molar-refractivity contribution is 4.84. The van der Waals surface area contributed by atoms with E-state index >= 15 is 0 Å². The van der Waals surface area contributed by atoms with Gasteiger partial charge in [0.2, 0.25) is 0 Å². The molecule has 0 spiro atoms. The van der Waals surface area contributed by atoms with Gasteiger partial charge in [-0.25, -0.2) is 0 Å². The van der Waals surface area contributed by atoms with Crippen LogP contribution in [-0.4, -0.2) is 49.7 Å². The fourth-order valence-electron chi connectivity index (χ4n) is 2.66. The van der Waals surface area contributed by atoms with Gasteiger partial charge in [-0.05, 0) is 44.9 Å². The summed E-state index contributed by atoms with van der Waals surface area (Å²) in [5.41, 5.74) is 0. The van der Waals surface area contributed by atoms with Crippen molar-refractivity contribution in [2.45, 2.75) is 69.2 Å². The molecule has 106 valence electrons. The van der Waals surface area contributed by atoms with Gasteiger partial charge in [-0.1, -0.05) is 0 Å². The highest BCUT2D eigenvalue weighted by Gasteiger charge is 2.25. The van der Waals surface area contributed by atoms with Crippen molar-refractivity contribution in [1.29, 1.82) is 0 Å². The van der Waals surface area contributed by atoms with Crippen LogP contribution < -0.4 is 5.32 Å². The monoisotopic (exact) mass is 257 g/mol. The molecule has 0 bridgehead atoms. The Balaban J connectivity index is 1.58. The molecule has 3 unspecified atom stereocenters. The Morgan fingerprint density at radius 2 is 2.00 bits per heavy atom. The van der Waals surface area contributed by atoms with E-state index in [1.54, 1.807) is 7.11 Å². The van der Waals surface area contributed by atoms with E-state index in [-0.39, 0.29) is 12.6 Å². The molecule has 2 N–H and O–H groups in total. The molecule has 0 saturated heterocycles. The first-order chi connectivity index (χ1) is 8.81. The van der Waals surface area contributed by atoms with Crippen LogP contribution in [0, 0.1) is 0 Å². The first-order valence-corrected chi connectivity index (χ1v) is 7.33. The van der Waals surface area contributed by atoms with E-state index in [1.807, 2.05) is 0 Å². The third kappa shape index (κ3) is 4.84. The standard InChI is InChI=1S/C14H27NO3/c1-17-13-3-2-4-14(9-13)18-8-7-12(10-16)15-11-5-6-11/h11-16H,2-10H2,1H3. The predicted molar refractivity (Wildman–Crippen MR) is 70.7 cm³/mol. The molecule has 0 amide bonds. The number of ether oxygens (including phenoxy) is 2. The molecule has 0 aromatic heterocycles.